The van der Waals surface area contributed by atoms with Gasteiger partial charge in [0, 0.05) is 23.7 Å². The van der Waals surface area contributed by atoms with Crippen LogP contribution < -0.4 is 15.4 Å². The van der Waals surface area contributed by atoms with Crippen LogP contribution in [0.4, 0.5) is 14.5 Å². The molecule has 0 aromatic heterocycles. The van der Waals surface area contributed by atoms with Crippen LogP contribution in [0.25, 0.3) is 0 Å². The molecule has 130 valence electrons. The zero-order chi connectivity index (χ0) is 16.1. The molecule has 1 heterocycles. The highest BCUT2D eigenvalue weighted by atomic mass is 35.5. The molecule has 1 aromatic carbocycles. The molecule has 0 spiro atoms. The minimum atomic E-state index is -2.52. The Labute approximate surface area is 141 Å². The van der Waals surface area contributed by atoms with E-state index >= 15 is 0 Å². The summed E-state index contributed by atoms with van der Waals surface area (Å²) in [6.07, 6.45) is -0.919. The van der Waals surface area contributed by atoms with Gasteiger partial charge in [-0.1, -0.05) is 6.07 Å². The van der Waals surface area contributed by atoms with Crippen LogP contribution in [0.15, 0.2) is 18.2 Å². The van der Waals surface area contributed by atoms with Crippen molar-refractivity contribution >= 4 is 24.0 Å². The van der Waals surface area contributed by atoms with Crippen molar-refractivity contribution in [3.05, 3.63) is 23.8 Å². The van der Waals surface area contributed by atoms with Gasteiger partial charge in [0.15, 0.2) is 0 Å². The summed E-state index contributed by atoms with van der Waals surface area (Å²) >= 11 is 0. The SMILES string of the molecule is Cc1ccc(NC(=O)[C@H]2CCN[C@@H](C)C2)cc1OCC(F)F.Cl. The Hall–Kier alpha value is -1.40. The predicted molar refractivity (Wildman–Crippen MR) is 88.7 cm³/mol. The topological polar surface area (TPSA) is 50.4 Å². The van der Waals surface area contributed by atoms with Gasteiger partial charge in [0.05, 0.1) is 0 Å². The van der Waals surface area contributed by atoms with E-state index in [9.17, 15) is 13.6 Å². The van der Waals surface area contributed by atoms with Crippen LogP contribution in [-0.2, 0) is 4.79 Å². The summed E-state index contributed by atoms with van der Waals surface area (Å²) in [4.78, 5) is 12.3. The molecule has 0 bridgehead atoms. The highest BCUT2D eigenvalue weighted by molar-refractivity contribution is 5.92. The number of alkyl halides is 2. The lowest BCUT2D eigenvalue weighted by molar-refractivity contribution is -0.120. The Balaban J connectivity index is 0.00000264. The van der Waals surface area contributed by atoms with Gasteiger partial charge in [-0.25, -0.2) is 8.78 Å². The molecule has 2 rings (SSSR count). The number of rotatable bonds is 5. The molecule has 1 aliphatic rings. The van der Waals surface area contributed by atoms with Crippen molar-refractivity contribution < 1.29 is 18.3 Å². The molecule has 1 fully saturated rings. The van der Waals surface area contributed by atoms with Crippen LogP contribution in [0, 0.1) is 12.8 Å². The third-order valence-electron chi connectivity index (χ3n) is 3.81. The second kappa shape index (κ2) is 9.03. The van der Waals surface area contributed by atoms with Gasteiger partial charge in [-0.3, -0.25) is 4.79 Å². The van der Waals surface area contributed by atoms with Crippen LogP contribution in [0.1, 0.15) is 25.3 Å². The molecule has 1 aliphatic heterocycles. The summed E-state index contributed by atoms with van der Waals surface area (Å²) in [6.45, 7) is 4.02. The van der Waals surface area contributed by atoms with Gasteiger partial charge in [0.1, 0.15) is 12.4 Å². The third-order valence-corrected chi connectivity index (χ3v) is 3.81. The molecule has 0 saturated carbocycles. The van der Waals surface area contributed by atoms with E-state index in [0.29, 0.717) is 17.5 Å². The largest absolute Gasteiger partial charge is 0.487 e. The Bertz CT molecular complexity index is 529. The molecule has 7 heteroatoms. The normalized spacial score (nSPS) is 20.7. The number of benzene rings is 1. The fraction of sp³-hybridized carbons (Fsp3) is 0.562. The van der Waals surface area contributed by atoms with Crippen LogP contribution in [0.3, 0.4) is 0 Å². The second-order valence-electron chi connectivity index (χ2n) is 5.75. The number of halogens is 3. The summed E-state index contributed by atoms with van der Waals surface area (Å²) < 4.78 is 29.6. The first-order chi connectivity index (χ1) is 10.5. The molecule has 2 N–H and O–H groups in total. The van der Waals surface area contributed by atoms with Gasteiger partial charge >= 0.3 is 0 Å². The Morgan fingerprint density at radius 1 is 1.48 bits per heavy atom. The molecule has 1 saturated heterocycles. The Kier molecular flexibility index (Phi) is 7.72. The lowest BCUT2D eigenvalue weighted by Gasteiger charge is -2.27. The first kappa shape index (κ1) is 19.6. The monoisotopic (exact) mass is 348 g/mol. The van der Waals surface area contributed by atoms with Gasteiger partial charge in [-0.15, -0.1) is 12.4 Å². The standard InChI is InChI=1S/C16H22F2N2O2.ClH/c1-10-3-4-13(8-14(10)22-9-15(17)18)20-16(21)12-5-6-19-11(2)7-12;/h3-4,8,11-12,15,19H,5-7,9H2,1-2H3,(H,20,21);1H/t11-,12-;/m0./s1. The Morgan fingerprint density at radius 3 is 2.87 bits per heavy atom. The summed E-state index contributed by atoms with van der Waals surface area (Å²) in [5.41, 5.74) is 1.33. The number of hydrogen-bond donors (Lipinski definition) is 2. The number of nitrogens with one attached hydrogen (secondary N) is 2. The maximum atomic E-state index is 12.3. The van der Waals surface area contributed by atoms with Crippen molar-refractivity contribution in [2.24, 2.45) is 5.92 Å². The van der Waals surface area contributed by atoms with E-state index in [1.54, 1.807) is 25.1 Å². The number of carbonyl (C=O) groups excluding carboxylic acids is 1. The van der Waals surface area contributed by atoms with E-state index in [0.717, 1.165) is 24.9 Å². The molecular weight excluding hydrogens is 326 g/mol. The fourth-order valence-electron chi connectivity index (χ4n) is 2.60. The zero-order valence-corrected chi connectivity index (χ0v) is 14.1. The van der Waals surface area contributed by atoms with Crippen LogP contribution in [0.5, 0.6) is 5.75 Å². The van der Waals surface area contributed by atoms with Crippen molar-refractivity contribution in [3.63, 3.8) is 0 Å². The number of aryl methyl sites for hydroxylation is 1. The molecular formula is C16H23ClF2N2O2. The third kappa shape index (κ3) is 5.95. The second-order valence-corrected chi connectivity index (χ2v) is 5.75. The molecule has 2 atom stereocenters. The zero-order valence-electron chi connectivity index (χ0n) is 13.3. The van der Waals surface area contributed by atoms with Gasteiger partial charge in [-0.05, 0) is 44.9 Å². The highest BCUT2D eigenvalue weighted by Gasteiger charge is 2.24. The maximum Gasteiger partial charge on any atom is 0.272 e. The molecule has 0 unspecified atom stereocenters. The number of piperidine rings is 1. The lowest BCUT2D eigenvalue weighted by atomic mass is 9.92. The molecule has 1 amide bonds. The van der Waals surface area contributed by atoms with E-state index in [-0.39, 0.29) is 24.2 Å². The summed E-state index contributed by atoms with van der Waals surface area (Å²) in [6, 6.07) is 5.43. The quantitative estimate of drug-likeness (QED) is 0.857. The minimum Gasteiger partial charge on any atom is -0.487 e. The number of anilines is 1. The molecule has 23 heavy (non-hydrogen) atoms. The van der Waals surface area contributed by atoms with E-state index in [4.69, 9.17) is 4.74 Å². The highest BCUT2D eigenvalue weighted by Crippen LogP contribution is 2.25. The molecule has 4 nitrogen and oxygen atoms in total. The minimum absolute atomic E-state index is 0. The first-order valence-electron chi connectivity index (χ1n) is 7.51. The fourth-order valence-corrected chi connectivity index (χ4v) is 2.60. The van der Waals surface area contributed by atoms with E-state index < -0.39 is 13.0 Å². The number of amides is 1. The number of hydrogen-bond acceptors (Lipinski definition) is 3. The van der Waals surface area contributed by atoms with E-state index in [1.807, 2.05) is 0 Å². The van der Waals surface area contributed by atoms with Crippen LogP contribution in [-0.4, -0.2) is 31.5 Å². The predicted octanol–water partition coefficient (Wildman–Crippen LogP) is 3.39. The molecule has 0 aliphatic carbocycles. The van der Waals surface area contributed by atoms with Crippen molar-refractivity contribution in [1.82, 2.24) is 5.32 Å². The van der Waals surface area contributed by atoms with Gasteiger partial charge in [0.2, 0.25) is 5.91 Å². The smallest absolute Gasteiger partial charge is 0.272 e. The van der Waals surface area contributed by atoms with Gasteiger partial charge in [-0.2, -0.15) is 0 Å². The van der Waals surface area contributed by atoms with Crippen LogP contribution in [0.2, 0.25) is 0 Å². The van der Waals surface area contributed by atoms with E-state index in [2.05, 4.69) is 17.6 Å². The summed E-state index contributed by atoms with van der Waals surface area (Å²) in [7, 11) is 0. The van der Waals surface area contributed by atoms with Gasteiger partial charge < -0.3 is 15.4 Å². The van der Waals surface area contributed by atoms with Crippen molar-refractivity contribution in [3.8, 4) is 5.75 Å². The van der Waals surface area contributed by atoms with Crippen LogP contribution >= 0.6 is 12.4 Å². The number of carbonyl (C=O) groups is 1. The molecule has 0 radical (unpaired) electrons. The lowest BCUT2D eigenvalue weighted by Crippen LogP contribution is -2.40. The average molecular weight is 349 g/mol. The van der Waals surface area contributed by atoms with Crippen molar-refractivity contribution in [1.29, 1.82) is 0 Å². The maximum absolute atomic E-state index is 12.3. The van der Waals surface area contributed by atoms with E-state index in [1.165, 1.54) is 0 Å². The average Bonchev–Trinajstić information content (AvgIpc) is 2.47. The number of ether oxygens (including phenoxy) is 1. The molecule has 1 aromatic rings. The van der Waals surface area contributed by atoms with Crippen molar-refractivity contribution in [2.45, 2.75) is 39.2 Å². The summed E-state index contributed by atoms with van der Waals surface area (Å²) in [5, 5.41) is 6.16. The summed E-state index contributed by atoms with van der Waals surface area (Å²) in [5.74, 6) is 0.316. The Morgan fingerprint density at radius 2 is 2.22 bits per heavy atom. The van der Waals surface area contributed by atoms with Gasteiger partial charge in [0.25, 0.3) is 6.43 Å². The van der Waals surface area contributed by atoms with Crippen molar-refractivity contribution in [2.75, 3.05) is 18.5 Å². The first-order valence-corrected chi connectivity index (χ1v) is 7.51.